The number of carboxylic acids is 1. The molecule has 1 unspecified atom stereocenters. The van der Waals surface area contributed by atoms with Crippen molar-refractivity contribution < 1.29 is 19.4 Å². The van der Waals surface area contributed by atoms with Gasteiger partial charge in [0, 0.05) is 26.2 Å². The number of hydrogen-bond acceptors (Lipinski definition) is 3. The second kappa shape index (κ2) is 9.42. The van der Waals surface area contributed by atoms with Gasteiger partial charge in [-0.3, -0.25) is 9.59 Å². The maximum atomic E-state index is 12.0. The van der Waals surface area contributed by atoms with E-state index in [2.05, 4.69) is 36.5 Å². The molecular weight excluding hydrogens is 306 g/mol. The minimum atomic E-state index is -0.832. The molecule has 5 nitrogen and oxygen atoms in total. The van der Waals surface area contributed by atoms with Crippen molar-refractivity contribution >= 4 is 11.9 Å². The summed E-state index contributed by atoms with van der Waals surface area (Å²) in [6, 6.07) is 8.30. The van der Waals surface area contributed by atoms with Crippen LogP contribution in [-0.2, 0) is 20.7 Å². The number of benzene rings is 1. The molecular formula is C19H27NO4. The van der Waals surface area contributed by atoms with E-state index in [0.717, 1.165) is 25.7 Å². The van der Waals surface area contributed by atoms with Crippen molar-refractivity contribution in [3.8, 4) is 0 Å². The van der Waals surface area contributed by atoms with Crippen molar-refractivity contribution in [2.24, 2.45) is 11.8 Å². The number of nitrogens with one attached hydrogen (secondary N) is 1. The number of carbonyl (C=O) groups excluding carboxylic acids is 1. The first-order valence-electron chi connectivity index (χ1n) is 8.69. The van der Waals surface area contributed by atoms with Crippen LogP contribution in [0.4, 0.5) is 0 Å². The lowest BCUT2D eigenvalue weighted by Gasteiger charge is -2.27. The summed E-state index contributed by atoms with van der Waals surface area (Å²) >= 11 is 0. The van der Waals surface area contributed by atoms with E-state index in [-0.39, 0.29) is 18.4 Å². The van der Waals surface area contributed by atoms with Crippen LogP contribution in [0.2, 0.25) is 0 Å². The number of amides is 1. The highest BCUT2D eigenvalue weighted by Gasteiger charge is 2.29. The van der Waals surface area contributed by atoms with Crippen molar-refractivity contribution in [1.29, 1.82) is 0 Å². The van der Waals surface area contributed by atoms with Crippen LogP contribution in [0.5, 0.6) is 0 Å². The Bertz CT molecular complexity index is 535. The van der Waals surface area contributed by atoms with Crippen LogP contribution in [0, 0.1) is 18.8 Å². The number of hydrogen-bond donors (Lipinski definition) is 2. The summed E-state index contributed by atoms with van der Waals surface area (Å²) < 4.78 is 5.28. The van der Waals surface area contributed by atoms with E-state index in [4.69, 9.17) is 4.74 Å². The Morgan fingerprint density at radius 2 is 1.92 bits per heavy atom. The van der Waals surface area contributed by atoms with Gasteiger partial charge >= 0.3 is 5.97 Å². The van der Waals surface area contributed by atoms with Gasteiger partial charge < -0.3 is 15.2 Å². The molecule has 1 aliphatic rings. The van der Waals surface area contributed by atoms with Crippen molar-refractivity contribution in [2.75, 3.05) is 19.8 Å². The maximum Gasteiger partial charge on any atom is 0.308 e. The molecule has 2 rings (SSSR count). The zero-order valence-electron chi connectivity index (χ0n) is 14.3. The Morgan fingerprint density at radius 1 is 1.25 bits per heavy atom. The molecule has 0 aromatic heterocycles. The molecule has 132 valence electrons. The van der Waals surface area contributed by atoms with Gasteiger partial charge in [0.05, 0.1) is 5.92 Å². The highest BCUT2D eigenvalue weighted by molar-refractivity contribution is 5.77. The quantitative estimate of drug-likeness (QED) is 0.767. The number of aliphatic carboxylic acids is 1. The Hall–Kier alpha value is -1.88. The van der Waals surface area contributed by atoms with E-state index >= 15 is 0 Å². The fourth-order valence-corrected chi connectivity index (χ4v) is 3.09. The monoisotopic (exact) mass is 333 g/mol. The number of ether oxygens (including phenoxy) is 1. The number of aryl methyl sites for hydroxylation is 2. The lowest BCUT2D eigenvalue weighted by molar-refractivity contribution is -0.145. The molecule has 0 bridgehead atoms. The standard InChI is InChI=1S/C19H27NO4/c1-14-5-7-15(8-6-14)3-2-4-18(21)20-13-17(19(22)23)16-9-11-24-12-10-16/h5-8,16-17H,2-4,9-13H2,1H3,(H,20,21)(H,22,23). The Kier molecular flexibility index (Phi) is 7.25. The Labute approximate surface area is 143 Å². The molecule has 0 saturated carbocycles. The van der Waals surface area contributed by atoms with Crippen LogP contribution < -0.4 is 5.32 Å². The maximum absolute atomic E-state index is 12.0. The SMILES string of the molecule is Cc1ccc(CCCC(=O)NCC(C(=O)O)C2CCOCC2)cc1. The Balaban J connectivity index is 1.70. The third-order valence-corrected chi connectivity index (χ3v) is 4.66. The second-order valence-electron chi connectivity index (χ2n) is 6.54. The topological polar surface area (TPSA) is 75.6 Å². The average Bonchev–Trinajstić information content (AvgIpc) is 2.57. The van der Waals surface area contributed by atoms with Gasteiger partial charge in [-0.2, -0.15) is 0 Å². The van der Waals surface area contributed by atoms with E-state index in [1.165, 1.54) is 11.1 Å². The van der Waals surface area contributed by atoms with Gasteiger partial charge in [-0.1, -0.05) is 29.8 Å². The minimum Gasteiger partial charge on any atom is -0.481 e. The van der Waals surface area contributed by atoms with Gasteiger partial charge in [0.15, 0.2) is 0 Å². The van der Waals surface area contributed by atoms with Gasteiger partial charge in [0.2, 0.25) is 5.91 Å². The van der Waals surface area contributed by atoms with Crippen LogP contribution >= 0.6 is 0 Å². The van der Waals surface area contributed by atoms with Gasteiger partial charge in [-0.25, -0.2) is 0 Å². The fraction of sp³-hybridized carbons (Fsp3) is 0.579. The zero-order chi connectivity index (χ0) is 17.4. The van der Waals surface area contributed by atoms with Gasteiger partial charge in [-0.15, -0.1) is 0 Å². The largest absolute Gasteiger partial charge is 0.481 e. The zero-order valence-corrected chi connectivity index (χ0v) is 14.3. The van der Waals surface area contributed by atoms with E-state index in [1.54, 1.807) is 0 Å². The first-order valence-corrected chi connectivity index (χ1v) is 8.69. The van der Waals surface area contributed by atoms with Crippen molar-refractivity contribution in [3.63, 3.8) is 0 Å². The predicted octanol–water partition coefficient (Wildman–Crippen LogP) is 2.56. The Morgan fingerprint density at radius 3 is 2.54 bits per heavy atom. The van der Waals surface area contributed by atoms with Crippen molar-refractivity contribution in [1.82, 2.24) is 5.32 Å². The first kappa shape index (κ1) is 18.5. The molecule has 1 fully saturated rings. The summed E-state index contributed by atoms with van der Waals surface area (Å²) in [6.45, 7) is 3.48. The summed E-state index contributed by atoms with van der Waals surface area (Å²) in [4.78, 5) is 23.4. The predicted molar refractivity (Wildman–Crippen MR) is 91.8 cm³/mol. The summed E-state index contributed by atoms with van der Waals surface area (Å²) in [6.07, 6.45) is 3.55. The summed E-state index contributed by atoms with van der Waals surface area (Å²) in [5.74, 6) is -1.33. The molecule has 0 aliphatic carbocycles. The first-order chi connectivity index (χ1) is 11.6. The van der Waals surface area contributed by atoms with Crippen molar-refractivity contribution in [3.05, 3.63) is 35.4 Å². The molecule has 1 aromatic rings. The van der Waals surface area contributed by atoms with Crippen LogP contribution in [0.3, 0.4) is 0 Å². The smallest absolute Gasteiger partial charge is 0.308 e. The van der Waals surface area contributed by atoms with Crippen LogP contribution in [0.1, 0.15) is 36.8 Å². The van der Waals surface area contributed by atoms with Crippen LogP contribution in [-0.4, -0.2) is 36.7 Å². The summed E-state index contributed by atoms with van der Waals surface area (Å²) in [5, 5.41) is 12.2. The van der Waals surface area contributed by atoms with E-state index < -0.39 is 11.9 Å². The van der Waals surface area contributed by atoms with E-state index in [0.29, 0.717) is 19.6 Å². The molecule has 5 heteroatoms. The van der Waals surface area contributed by atoms with Gasteiger partial charge in [-0.05, 0) is 44.1 Å². The van der Waals surface area contributed by atoms with Crippen LogP contribution in [0.25, 0.3) is 0 Å². The lowest BCUT2D eigenvalue weighted by atomic mass is 9.86. The van der Waals surface area contributed by atoms with Gasteiger partial charge in [0.25, 0.3) is 0 Å². The molecule has 24 heavy (non-hydrogen) atoms. The average molecular weight is 333 g/mol. The molecule has 1 atom stereocenters. The number of rotatable bonds is 8. The fourth-order valence-electron chi connectivity index (χ4n) is 3.09. The van der Waals surface area contributed by atoms with E-state index in [9.17, 15) is 14.7 Å². The van der Waals surface area contributed by atoms with Crippen molar-refractivity contribution in [2.45, 2.75) is 39.0 Å². The normalized spacial score (nSPS) is 16.5. The molecule has 1 amide bonds. The summed E-state index contributed by atoms with van der Waals surface area (Å²) in [5.41, 5.74) is 2.45. The van der Waals surface area contributed by atoms with E-state index in [1.807, 2.05) is 0 Å². The number of carbonyl (C=O) groups is 2. The molecule has 1 heterocycles. The highest BCUT2D eigenvalue weighted by atomic mass is 16.5. The van der Waals surface area contributed by atoms with Crippen LogP contribution in [0.15, 0.2) is 24.3 Å². The third kappa shape index (κ3) is 5.96. The third-order valence-electron chi connectivity index (χ3n) is 4.66. The molecule has 1 saturated heterocycles. The van der Waals surface area contributed by atoms with Gasteiger partial charge in [0.1, 0.15) is 0 Å². The second-order valence-corrected chi connectivity index (χ2v) is 6.54. The number of carboxylic acid groups (broad SMARTS) is 1. The highest BCUT2D eigenvalue weighted by Crippen LogP contribution is 2.23. The molecule has 2 N–H and O–H groups in total. The lowest BCUT2D eigenvalue weighted by Crippen LogP contribution is -2.38. The molecule has 0 radical (unpaired) electrons. The molecule has 1 aromatic carbocycles. The summed E-state index contributed by atoms with van der Waals surface area (Å²) in [7, 11) is 0. The molecule has 1 aliphatic heterocycles. The molecule has 0 spiro atoms. The minimum absolute atomic E-state index is 0.0691.